The lowest BCUT2D eigenvalue weighted by Gasteiger charge is -2.17. The maximum absolute atomic E-state index is 12.4. The summed E-state index contributed by atoms with van der Waals surface area (Å²) in [6.07, 6.45) is 0.643. The van der Waals surface area contributed by atoms with Crippen LogP contribution >= 0.6 is 0 Å². The Kier molecular flexibility index (Phi) is 7.74. The number of hydrogen-bond acceptors (Lipinski definition) is 7. The smallest absolute Gasteiger partial charge is 0.345 e. The van der Waals surface area contributed by atoms with Gasteiger partial charge >= 0.3 is 5.97 Å². The minimum atomic E-state index is -1.01. The van der Waals surface area contributed by atoms with Crippen LogP contribution in [0.5, 0.6) is 11.5 Å². The summed E-state index contributed by atoms with van der Waals surface area (Å²) in [5.41, 5.74) is 1.18. The summed E-state index contributed by atoms with van der Waals surface area (Å²) in [6.45, 7) is 3.31. The summed E-state index contributed by atoms with van der Waals surface area (Å²) in [7, 11) is 2.66. The highest BCUT2D eigenvalue weighted by molar-refractivity contribution is 5.96. The molecule has 30 heavy (non-hydrogen) atoms. The maximum atomic E-state index is 12.4. The van der Waals surface area contributed by atoms with Gasteiger partial charge in [0, 0.05) is 6.07 Å². The van der Waals surface area contributed by atoms with Gasteiger partial charge in [0.25, 0.3) is 11.6 Å². The number of carbonyl (C=O) groups excluding carboxylic acids is 2. The summed E-state index contributed by atoms with van der Waals surface area (Å²) in [4.78, 5) is 35.3. The molecule has 0 radical (unpaired) electrons. The Labute approximate surface area is 174 Å². The highest BCUT2D eigenvalue weighted by Gasteiger charge is 2.26. The molecule has 0 bridgehead atoms. The molecule has 0 saturated heterocycles. The van der Waals surface area contributed by atoms with Crippen LogP contribution in [0.2, 0.25) is 0 Å². The molecule has 9 nitrogen and oxygen atoms in total. The van der Waals surface area contributed by atoms with Crippen molar-refractivity contribution in [2.75, 3.05) is 20.8 Å². The molecule has 0 aliphatic heterocycles. The monoisotopic (exact) mass is 416 g/mol. The van der Waals surface area contributed by atoms with Gasteiger partial charge in [-0.15, -0.1) is 0 Å². The fourth-order valence-electron chi connectivity index (χ4n) is 2.85. The minimum absolute atomic E-state index is 0.0994. The van der Waals surface area contributed by atoms with Gasteiger partial charge in [0.2, 0.25) is 0 Å². The van der Waals surface area contributed by atoms with Crippen molar-refractivity contribution >= 4 is 17.6 Å². The van der Waals surface area contributed by atoms with Crippen LogP contribution in [-0.4, -0.2) is 37.6 Å². The van der Waals surface area contributed by atoms with Gasteiger partial charge in [0.15, 0.2) is 18.1 Å². The first-order valence-corrected chi connectivity index (χ1v) is 9.24. The number of benzene rings is 2. The van der Waals surface area contributed by atoms with E-state index in [9.17, 15) is 19.7 Å². The molecule has 1 atom stereocenters. The summed E-state index contributed by atoms with van der Waals surface area (Å²) in [5, 5.41) is 14.1. The highest BCUT2D eigenvalue weighted by Crippen LogP contribution is 2.34. The fraction of sp³-hybridized carbons (Fsp3) is 0.333. The molecule has 2 aromatic rings. The number of ether oxygens (including phenoxy) is 3. The van der Waals surface area contributed by atoms with Gasteiger partial charge in [0.05, 0.1) is 31.3 Å². The van der Waals surface area contributed by atoms with Crippen LogP contribution in [0.4, 0.5) is 5.69 Å². The van der Waals surface area contributed by atoms with Crippen molar-refractivity contribution in [3.63, 3.8) is 0 Å². The van der Waals surface area contributed by atoms with Crippen molar-refractivity contribution in [3.05, 3.63) is 63.2 Å². The second kappa shape index (κ2) is 10.2. The zero-order valence-electron chi connectivity index (χ0n) is 17.3. The molecule has 1 N–H and O–H groups in total. The Morgan fingerprint density at radius 1 is 1.10 bits per heavy atom. The summed E-state index contributed by atoms with van der Waals surface area (Å²) >= 11 is 0. The highest BCUT2D eigenvalue weighted by atomic mass is 16.6. The Morgan fingerprint density at radius 3 is 2.23 bits per heavy atom. The largest absolute Gasteiger partial charge is 0.493 e. The molecular weight excluding hydrogens is 392 g/mol. The molecule has 0 saturated carbocycles. The zero-order valence-corrected chi connectivity index (χ0v) is 17.3. The summed E-state index contributed by atoms with van der Waals surface area (Å²) in [5.74, 6) is -1.30. The third kappa shape index (κ3) is 5.47. The van der Waals surface area contributed by atoms with E-state index in [1.165, 1.54) is 14.2 Å². The lowest BCUT2D eigenvalue weighted by Crippen LogP contribution is -2.32. The van der Waals surface area contributed by atoms with E-state index in [1.54, 1.807) is 0 Å². The van der Waals surface area contributed by atoms with Crippen LogP contribution in [0.25, 0.3) is 0 Å². The molecule has 0 spiro atoms. The molecule has 2 aromatic carbocycles. The Hall–Kier alpha value is -3.62. The van der Waals surface area contributed by atoms with Gasteiger partial charge in [0.1, 0.15) is 5.56 Å². The second-order valence-corrected chi connectivity index (χ2v) is 6.50. The molecule has 0 heterocycles. The average Bonchev–Trinajstić information content (AvgIpc) is 2.75. The SMILES string of the molecule is CC[C@H](NC(=O)COC(=O)c1cc(OC)c(OC)cc1[N+](=O)[O-])c1ccc(C)cc1. The van der Waals surface area contributed by atoms with Crippen molar-refractivity contribution in [3.8, 4) is 11.5 Å². The number of nitro benzene ring substituents is 1. The molecule has 2 rings (SSSR count). The quantitative estimate of drug-likeness (QED) is 0.378. The number of rotatable bonds is 9. The van der Waals surface area contributed by atoms with Crippen LogP contribution in [0.1, 0.15) is 40.9 Å². The van der Waals surface area contributed by atoms with E-state index in [2.05, 4.69) is 5.32 Å². The first kappa shape index (κ1) is 22.7. The molecule has 0 aliphatic rings. The number of carbonyl (C=O) groups is 2. The van der Waals surface area contributed by atoms with Crippen molar-refractivity contribution in [1.82, 2.24) is 5.32 Å². The summed E-state index contributed by atoms with van der Waals surface area (Å²) < 4.78 is 15.1. The summed E-state index contributed by atoms with van der Waals surface area (Å²) in [6, 6.07) is 9.71. The maximum Gasteiger partial charge on any atom is 0.345 e. The number of methoxy groups -OCH3 is 2. The average molecular weight is 416 g/mol. The van der Waals surface area contributed by atoms with E-state index in [0.29, 0.717) is 6.42 Å². The molecule has 0 fully saturated rings. The number of nitro groups is 1. The normalized spacial score (nSPS) is 11.3. The standard InChI is InChI=1S/C21H24N2O7/c1-5-16(14-8-6-13(2)7-9-14)22-20(24)12-30-21(25)15-10-18(28-3)19(29-4)11-17(15)23(26)27/h6-11,16H,5,12H2,1-4H3,(H,22,24)/t16-/m0/s1. The van der Waals surface area contributed by atoms with Crippen molar-refractivity contribution in [2.45, 2.75) is 26.3 Å². The third-order valence-corrected chi connectivity index (χ3v) is 4.48. The fourth-order valence-corrected chi connectivity index (χ4v) is 2.85. The van der Waals surface area contributed by atoms with E-state index in [-0.39, 0.29) is 23.1 Å². The number of hydrogen-bond donors (Lipinski definition) is 1. The van der Waals surface area contributed by atoms with Gasteiger partial charge in [-0.25, -0.2) is 4.79 Å². The lowest BCUT2D eigenvalue weighted by molar-refractivity contribution is -0.385. The molecule has 0 unspecified atom stereocenters. The van der Waals surface area contributed by atoms with Crippen LogP contribution < -0.4 is 14.8 Å². The first-order chi connectivity index (χ1) is 14.3. The van der Waals surface area contributed by atoms with Crippen molar-refractivity contribution in [2.24, 2.45) is 0 Å². The predicted molar refractivity (Wildman–Crippen MR) is 109 cm³/mol. The van der Waals surface area contributed by atoms with Gasteiger partial charge in [-0.3, -0.25) is 14.9 Å². The van der Waals surface area contributed by atoms with E-state index in [4.69, 9.17) is 14.2 Å². The molecule has 0 aliphatic carbocycles. The molecular formula is C21H24N2O7. The van der Waals surface area contributed by atoms with E-state index < -0.39 is 29.1 Å². The van der Waals surface area contributed by atoms with Gasteiger partial charge < -0.3 is 19.5 Å². The topological polar surface area (TPSA) is 117 Å². The number of amides is 1. The van der Waals surface area contributed by atoms with Crippen LogP contribution in [0.3, 0.4) is 0 Å². The van der Waals surface area contributed by atoms with Crippen molar-refractivity contribution in [1.29, 1.82) is 0 Å². The van der Waals surface area contributed by atoms with Gasteiger partial charge in [-0.2, -0.15) is 0 Å². The molecule has 160 valence electrons. The number of nitrogens with zero attached hydrogens (tertiary/aromatic N) is 1. The molecule has 9 heteroatoms. The minimum Gasteiger partial charge on any atom is -0.493 e. The van der Waals surface area contributed by atoms with Crippen molar-refractivity contribution < 1.29 is 28.7 Å². The van der Waals surface area contributed by atoms with Gasteiger partial charge in [-0.1, -0.05) is 36.8 Å². The van der Waals surface area contributed by atoms with E-state index in [0.717, 1.165) is 23.3 Å². The van der Waals surface area contributed by atoms with E-state index in [1.807, 2.05) is 38.1 Å². The first-order valence-electron chi connectivity index (χ1n) is 9.24. The number of aryl methyl sites for hydroxylation is 1. The second-order valence-electron chi connectivity index (χ2n) is 6.50. The van der Waals surface area contributed by atoms with Crippen LogP contribution in [0, 0.1) is 17.0 Å². The third-order valence-electron chi connectivity index (χ3n) is 4.48. The van der Waals surface area contributed by atoms with Crippen LogP contribution in [0.15, 0.2) is 36.4 Å². The molecule has 1 amide bonds. The van der Waals surface area contributed by atoms with E-state index >= 15 is 0 Å². The number of esters is 1. The predicted octanol–water partition coefficient (Wildman–Crippen LogP) is 3.34. The van der Waals surface area contributed by atoms with Gasteiger partial charge in [-0.05, 0) is 18.9 Å². The number of nitrogens with one attached hydrogen (secondary N) is 1. The molecule has 0 aromatic heterocycles. The Balaban J connectivity index is 2.09. The van der Waals surface area contributed by atoms with Crippen LogP contribution in [-0.2, 0) is 9.53 Å². The lowest BCUT2D eigenvalue weighted by atomic mass is 10.0. The Bertz CT molecular complexity index is 926. The Morgan fingerprint density at radius 2 is 1.70 bits per heavy atom. The zero-order chi connectivity index (χ0) is 22.3.